The van der Waals surface area contributed by atoms with E-state index in [4.69, 9.17) is 12.8 Å². The van der Waals surface area contributed by atoms with Gasteiger partial charge in [-0.15, -0.1) is 24.7 Å². The number of Topliss-reactive ketones (excluding diaryl/α,β-unsaturated/α-hetero) is 1. The molecule has 3 unspecified atom stereocenters. The lowest BCUT2D eigenvalue weighted by Crippen LogP contribution is -2.63. The van der Waals surface area contributed by atoms with Gasteiger partial charge in [0.2, 0.25) is 17.6 Å². The van der Waals surface area contributed by atoms with E-state index in [9.17, 15) is 32.4 Å². The van der Waals surface area contributed by atoms with Crippen molar-refractivity contribution in [2.24, 2.45) is 22.7 Å². The molecular weight excluding hydrogens is 622 g/mol. The van der Waals surface area contributed by atoms with E-state index in [2.05, 4.69) is 33.1 Å². The number of nitrogens with zero attached hydrogens (tertiary/aromatic N) is 1. The molecule has 2 aliphatic carbocycles. The number of hydrogen-bond donors (Lipinski definition) is 4. The van der Waals surface area contributed by atoms with E-state index in [0.717, 1.165) is 25.5 Å². The monoisotopic (exact) mass is 673 g/mol. The second kappa shape index (κ2) is 14.7. The summed E-state index contributed by atoms with van der Waals surface area (Å²) < 4.78 is 24.6. The van der Waals surface area contributed by atoms with Crippen LogP contribution in [0.3, 0.4) is 0 Å². The fraction of sp³-hybridized carbons (Fsp3) is 0.735. The molecule has 0 aromatic heterocycles. The third-order valence-electron chi connectivity index (χ3n) is 9.87. The van der Waals surface area contributed by atoms with Gasteiger partial charge in [0.15, 0.2) is 0 Å². The number of rotatable bonds is 13. The van der Waals surface area contributed by atoms with Crippen LogP contribution in [0.25, 0.3) is 0 Å². The summed E-state index contributed by atoms with van der Waals surface area (Å²) in [5.74, 6) is 1.64. The Morgan fingerprint density at radius 1 is 0.979 bits per heavy atom. The Hall–Kier alpha value is -3.58. The van der Waals surface area contributed by atoms with Crippen LogP contribution in [0.4, 0.5) is 4.79 Å². The van der Waals surface area contributed by atoms with Gasteiger partial charge in [-0.3, -0.25) is 19.2 Å². The van der Waals surface area contributed by atoms with Crippen molar-refractivity contribution in [2.45, 2.75) is 110 Å². The van der Waals surface area contributed by atoms with Crippen LogP contribution in [0.15, 0.2) is 0 Å². The first-order valence-electron chi connectivity index (χ1n) is 16.3. The Morgan fingerprint density at radius 3 is 2.15 bits per heavy atom. The molecule has 3 rings (SSSR count). The molecule has 0 bridgehead atoms. The number of urea groups is 1. The molecule has 13 heteroatoms. The number of terminal acetylenes is 2. The minimum atomic E-state index is -3.41. The van der Waals surface area contributed by atoms with Gasteiger partial charge < -0.3 is 26.2 Å². The molecule has 5 atom stereocenters. The largest absolute Gasteiger partial charge is 0.348 e. The van der Waals surface area contributed by atoms with Crippen LogP contribution in [0.1, 0.15) is 86.0 Å². The quantitative estimate of drug-likeness (QED) is 0.131. The van der Waals surface area contributed by atoms with Gasteiger partial charge >= 0.3 is 6.03 Å². The van der Waals surface area contributed by atoms with Gasteiger partial charge in [0.25, 0.3) is 5.91 Å². The summed E-state index contributed by atoms with van der Waals surface area (Å²) in [7, 11) is -3.41. The van der Waals surface area contributed by atoms with Gasteiger partial charge in [0, 0.05) is 32.2 Å². The molecule has 12 nitrogen and oxygen atoms in total. The molecule has 0 radical (unpaired) electrons. The van der Waals surface area contributed by atoms with Crippen LogP contribution in [-0.2, 0) is 29.0 Å². The van der Waals surface area contributed by atoms with Gasteiger partial charge in [-0.25, -0.2) is 13.2 Å². The van der Waals surface area contributed by atoms with Gasteiger partial charge in [0.05, 0.1) is 17.3 Å². The molecule has 0 spiro atoms. The summed E-state index contributed by atoms with van der Waals surface area (Å²) in [5, 5.41) is 10.9. The first-order valence-corrected chi connectivity index (χ1v) is 18.4. The summed E-state index contributed by atoms with van der Waals surface area (Å²) in [4.78, 5) is 68.8. The fourth-order valence-electron chi connectivity index (χ4n) is 7.32. The fourth-order valence-corrected chi connectivity index (χ4v) is 8.68. The Balaban J connectivity index is 1.84. The summed E-state index contributed by atoms with van der Waals surface area (Å²) in [6, 6.07) is -3.85. The Bertz CT molecular complexity index is 1430. The van der Waals surface area contributed by atoms with Gasteiger partial charge in [0.1, 0.15) is 21.9 Å². The highest BCUT2D eigenvalue weighted by molar-refractivity contribution is 7.90. The summed E-state index contributed by atoms with van der Waals surface area (Å²) in [5.41, 5.74) is -1.96. The standard InChI is InChI=1S/C34H51N5O7S/c1-9-11-16-23(26(40)29(42)35-19-12-10-2)36-28(41)25-24-22(33(24,6)7)20-39(25)30(43)27(32(3,4)5)37-31(44)38-34(21-47(8,45)46)17-14-13-15-18-34/h1-2,22-25,27H,11-21H2,3-8H3,(H,35,42)(H,36,41)(H2,37,38,44)/t22?,23?,24?,25-,27+/m0/s1. The molecule has 0 aromatic carbocycles. The van der Waals surface area contributed by atoms with Gasteiger partial charge in [-0.1, -0.05) is 53.9 Å². The number of piperidine rings is 1. The molecule has 1 saturated heterocycles. The van der Waals surface area contributed by atoms with E-state index in [1.54, 1.807) is 20.8 Å². The highest BCUT2D eigenvalue weighted by Gasteiger charge is 2.70. The van der Waals surface area contributed by atoms with Crippen LogP contribution < -0.4 is 21.3 Å². The third kappa shape index (κ3) is 9.28. The van der Waals surface area contributed by atoms with Crippen LogP contribution in [-0.4, -0.2) is 91.6 Å². The van der Waals surface area contributed by atoms with Crippen molar-refractivity contribution in [1.29, 1.82) is 0 Å². The van der Waals surface area contributed by atoms with E-state index in [1.165, 1.54) is 4.90 Å². The smallest absolute Gasteiger partial charge is 0.315 e. The van der Waals surface area contributed by atoms with Crippen molar-refractivity contribution in [3.05, 3.63) is 0 Å². The number of fused-ring (bicyclic) bond motifs is 1. The average molecular weight is 674 g/mol. The van der Waals surface area contributed by atoms with Crippen molar-refractivity contribution in [1.82, 2.24) is 26.2 Å². The van der Waals surface area contributed by atoms with Crippen LogP contribution in [0.5, 0.6) is 0 Å². The normalized spacial score (nSPS) is 23.9. The number of hydrogen-bond acceptors (Lipinski definition) is 7. The predicted molar refractivity (Wildman–Crippen MR) is 178 cm³/mol. The SMILES string of the molecule is C#CCCNC(=O)C(=O)C(CCC#C)NC(=O)[C@@H]1C2C(CN1C(=O)[C@@H](NC(=O)NC1(CS(C)(=O)=O)CCCCC1)C(C)(C)C)C2(C)C. The molecular formula is C34H51N5O7S. The highest BCUT2D eigenvalue weighted by atomic mass is 32.2. The van der Waals surface area contributed by atoms with Gasteiger partial charge in [-0.2, -0.15) is 0 Å². The zero-order valence-corrected chi connectivity index (χ0v) is 29.3. The Morgan fingerprint density at radius 2 is 1.60 bits per heavy atom. The van der Waals surface area contributed by atoms with Crippen LogP contribution >= 0.6 is 0 Å². The molecule has 47 heavy (non-hydrogen) atoms. The van der Waals surface area contributed by atoms with Crippen molar-refractivity contribution >= 4 is 39.4 Å². The molecule has 260 valence electrons. The maximum absolute atomic E-state index is 14.3. The first-order chi connectivity index (χ1) is 21.8. The minimum absolute atomic E-state index is 0.0174. The van der Waals surface area contributed by atoms with Crippen LogP contribution in [0.2, 0.25) is 0 Å². The lowest BCUT2D eigenvalue weighted by Gasteiger charge is -2.40. The van der Waals surface area contributed by atoms with E-state index in [0.29, 0.717) is 12.8 Å². The van der Waals surface area contributed by atoms with E-state index in [1.807, 2.05) is 13.8 Å². The molecule has 4 N–H and O–H groups in total. The molecule has 2 saturated carbocycles. The Labute approximate surface area is 279 Å². The first kappa shape index (κ1) is 37.9. The molecule has 3 aliphatic rings. The lowest BCUT2D eigenvalue weighted by atomic mass is 9.83. The summed E-state index contributed by atoms with van der Waals surface area (Å²) in [6.07, 6.45) is 15.7. The number of amides is 5. The maximum Gasteiger partial charge on any atom is 0.315 e. The zero-order chi connectivity index (χ0) is 35.4. The van der Waals surface area contributed by atoms with E-state index < -0.39 is 68.5 Å². The van der Waals surface area contributed by atoms with Crippen LogP contribution in [0, 0.1) is 47.4 Å². The second-order valence-electron chi connectivity index (χ2n) is 15.1. The molecule has 0 aromatic rings. The number of likely N-dealkylation sites (tertiary alicyclic amines) is 1. The minimum Gasteiger partial charge on any atom is -0.348 e. The van der Waals surface area contributed by atoms with Crippen molar-refractivity contribution < 1.29 is 32.4 Å². The number of carbonyl (C=O) groups is 5. The second-order valence-corrected chi connectivity index (χ2v) is 17.2. The van der Waals surface area contributed by atoms with Crippen molar-refractivity contribution in [3.8, 4) is 24.7 Å². The summed E-state index contributed by atoms with van der Waals surface area (Å²) in [6.45, 7) is 9.80. The van der Waals surface area contributed by atoms with Crippen molar-refractivity contribution in [2.75, 3.05) is 25.1 Å². The summed E-state index contributed by atoms with van der Waals surface area (Å²) >= 11 is 0. The topological polar surface area (TPSA) is 171 Å². The predicted octanol–water partition coefficient (Wildman–Crippen LogP) is 1.54. The number of ketones is 1. The van der Waals surface area contributed by atoms with E-state index in [-0.39, 0.29) is 55.4 Å². The molecule has 1 aliphatic heterocycles. The average Bonchev–Trinajstić information content (AvgIpc) is 3.27. The molecule has 3 fully saturated rings. The zero-order valence-electron chi connectivity index (χ0n) is 28.5. The highest BCUT2D eigenvalue weighted by Crippen LogP contribution is 2.65. The Kier molecular flexibility index (Phi) is 11.8. The lowest BCUT2D eigenvalue weighted by molar-refractivity contribution is -0.145. The molecule has 5 amide bonds. The third-order valence-corrected chi connectivity index (χ3v) is 10.9. The molecule has 1 heterocycles. The van der Waals surface area contributed by atoms with Gasteiger partial charge in [-0.05, 0) is 41.9 Å². The van der Waals surface area contributed by atoms with E-state index >= 15 is 0 Å². The van der Waals surface area contributed by atoms with Crippen molar-refractivity contribution in [3.63, 3.8) is 0 Å². The number of sulfone groups is 1. The number of nitrogens with one attached hydrogen (secondary N) is 4. The number of carbonyl (C=O) groups excluding carboxylic acids is 5. The maximum atomic E-state index is 14.3.